The molecule has 1 saturated heterocycles. The van der Waals surface area contributed by atoms with E-state index < -0.39 is 0 Å². The molecule has 64 valence electrons. The van der Waals surface area contributed by atoms with Crippen LogP contribution in [0, 0.1) is 5.92 Å². The van der Waals surface area contributed by atoms with Crippen molar-refractivity contribution in [3.63, 3.8) is 0 Å². The molecule has 1 atom stereocenters. The maximum absolute atomic E-state index is 11.0. The van der Waals surface area contributed by atoms with Gasteiger partial charge in [0.15, 0.2) is 0 Å². The standard InChI is InChI=1S/C7H12O3S/c1-5(2)7(8)10-6-3-9-11-4-6/h5-6H,3-4H2,1-2H3. The zero-order chi connectivity index (χ0) is 8.27. The van der Waals surface area contributed by atoms with Crippen molar-refractivity contribution < 1.29 is 13.7 Å². The second-order valence-electron chi connectivity index (χ2n) is 2.78. The Morgan fingerprint density at radius 2 is 2.45 bits per heavy atom. The van der Waals surface area contributed by atoms with Gasteiger partial charge in [-0.15, -0.1) is 0 Å². The lowest BCUT2D eigenvalue weighted by molar-refractivity contribution is -0.152. The van der Waals surface area contributed by atoms with Crippen LogP contribution in [0.25, 0.3) is 0 Å². The van der Waals surface area contributed by atoms with Crippen LogP contribution >= 0.6 is 12.0 Å². The molecule has 0 saturated carbocycles. The van der Waals surface area contributed by atoms with Crippen LogP contribution in [0.2, 0.25) is 0 Å². The summed E-state index contributed by atoms with van der Waals surface area (Å²) in [6.45, 7) is 4.18. The van der Waals surface area contributed by atoms with Crippen molar-refractivity contribution >= 4 is 18.0 Å². The minimum atomic E-state index is -0.138. The topological polar surface area (TPSA) is 35.5 Å². The van der Waals surface area contributed by atoms with Crippen molar-refractivity contribution in [2.45, 2.75) is 20.0 Å². The maximum atomic E-state index is 11.0. The van der Waals surface area contributed by atoms with Crippen molar-refractivity contribution in [3.8, 4) is 0 Å². The van der Waals surface area contributed by atoms with Crippen LogP contribution in [-0.2, 0) is 13.7 Å². The van der Waals surface area contributed by atoms with E-state index in [9.17, 15) is 4.79 Å². The Bertz CT molecular complexity index is 141. The zero-order valence-electron chi connectivity index (χ0n) is 6.70. The highest BCUT2D eigenvalue weighted by Gasteiger charge is 2.21. The van der Waals surface area contributed by atoms with Gasteiger partial charge in [-0.25, -0.2) is 0 Å². The second kappa shape index (κ2) is 3.97. The summed E-state index contributed by atoms with van der Waals surface area (Å²) in [6.07, 6.45) is -0.0325. The largest absolute Gasteiger partial charge is 0.459 e. The summed E-state index contributed by atoms with van der Waals surface area (Å²) in [5.74, 6) is 0.583. The molecule has 0 N–H and O–H groups in total. The van der Waals surface area contributed by atoms with E-state index in [-0.39, 0.29) is 18.0 Å². The molecule has 0 radical (unpaired) electrons. The van der Waals surface area contributed by atoms with Crippen LogP contribution in [0.4, 0.5) is 0 Å². The van der Waals surface area contributed by atoms with Crippen LogP contribution in [0.1, 0.15) is 13.8 Å². The molecule has 0 aromatic carbocycles. The number of rotatable bonds is 2. The number of carbonyl (C=O) groups excluding carboxylic acids is 1. The molecular weight excluding hydrogens is 164 g/mol. The number of esters is 1. The Morgan fingerprint density at radius 1 is 1.73 bits per heavy atom. The van der Waals surface area contributed by atoms with Crippen molar-refractivity contribution in [3.05, 3.63) is 0 Å². The van der Waals surface area contributed by atoms with Crippen LogP contribution in [-0.4, -0.2) is 24.4 Å². The van der Waals surface area contributed by atoms with Crippen LogP contribution in [0.3, 0.4) is 0 Å². The van der Waals surface area contributed by atoms with Crippen LogP contribution in [0.5, 0.6) is 0 Å². The molecule has 3 nitrogen and oxygen atoms in total. The van der Waals surface area contributed by atoms with E-state index in [1.807, 2.05) is 13.8 Å². The summed E-state index contributed by atoms with van der Waals surface area (Å²) in [7, 11) is 0. The summed E-state index contributed by atoms with van der Waals surface area (Å²) in [6, 6.07) is 0. The van der Waals surface area contributed by atoms with E-state index in [1.54, 1.807) is 0 Å². The fourth-order valence-electron chi connectivity index (χ4n) is 0.665. The molecule has 1 fully saturated rings. The molecule has 0 bridgehead atoms. The monoisotopic (exact) mass is 176 g/mol. The van der Waals surface area contributed by atoms with Crippen molar-refractivity contribution in [2.24, 2.45) is 5.92 Å². The molecule has 0 aliphatic carbocycles. The quantitative estimate of drug-likeness (QED) is 0.468. The van der Waals surface area contributed by atoms with Crippen molar-refractivity contribution in [1.82, 2.24) is 0 Å². The first kappa shape index (κ1) is 8.87. The SMILES string of the molecule is CC(C)C(=O)OC1COSC1. The summed E-state index contributed by atoms with van der Waals surface area (Å²) in [5.41, 5.74) is 0. The number of hydrogen-bond donors (Lipinski definition) is 0. The van der Waals surface area contributed by atoms with Gasteiger partial charge in [0, 0.05) is 0 Å². The third kappa shape index (κ3) is 2.71. The van der Waals surface area contributed by atoms with Gasteiger partial charge in [0.1, 0.15) is 6.10 Å². The Labute approximate surface area is 70.6 Å². The van der Waals surface area contributed by atoms with Gasteiger partial charge in [-0.2, -0.15) is 0 Å². The Balaban J connectivity index is 2.24. The molecule has 1 rings (SSSR count). The molecule has 4 heteroatoms. The van der Waals surface area contributed by atoms with E-state index in [0.717, 1.165) is 5.75 Å². The highest BCUT2D eigenvalue weighted by Crippen LogP contribution is 2.18. The summed E-state index contributed by atoms with van der Waals surface area (Å²) >= 11 is 1.36. The van der Waals surface area contributed by atoms with Crippen LogP contribution in [0.15, 0.2) is 0 Å². The highest BCUT2D eigenvalue weighted by molar-refractivity contribution is 7.94. The lowest BCUT2D eigenvalue weighted by atomic mass is 10.2. The zero-order valence-corrected chi connectivity index (χ0v) is 7.52. The van der Waals surface area contributed by atoms with Crippen LogP contribution < -0.4 is 0 Å². The third-order valence-electron chi connectivity index (χ3n) is 1.35. The third-order valence-corrected chi connectivity index (χ3v) is 2.16. The maximum Gasteiger partial charge on any atom is 0.308 e. The number of ether oxygens (including phenoxy) is 1. The molecule has 1 unspecified atom stereocenters. The predicted molar refractivity (Wildman–Crippen MR) is 43.1 cm³/mol. The fraction of sp³-hybridized carbons (Fsp3) is 0.857. The lowest BCUT2D eigenvalue weighted by Crippen LogP contribution is -2.23. The minimum absolute atomic E-state index is 0.0325. The van der Waals surface area contributed by atoms with E-state index in [1.165, 1.54) is 12.0 Å². The Morgan fingerprint density at radius 3 is 2.91 bits per heavy atom. The molecule has 1 aliphatic rings. The van der Waals surface area contributed by atoms with E-state index in [0.29, 0.717) is 6.61 Å². The summed E-state index contributed by atoms with van der Waals surface area (Å²) in [4.78, 5) is 11.0. The highest BCUT2D eigenvalue weighted by atomic mass is 32.2. The van der Waals surface area contributed by atoms with E-state index in [4.69, 9.17) is 8.92 Å². The second-order valence-corrected chi connectivity index (χ2v) is 3.59. The van der Waals surface area contributed by atoms with Crippen molar-refractivity contribution in [2.75, 3.05) is 12.4 Å². The summed E-state index contributed by atoms with van der Waals surface area (Å²) < 4.78 is 10.1. The smallest absolute Gasteiger partial charge is 0.308 e. The molecule has 1 heterocycles. The van der Waals surface area contributed by atoms with E-state index >= 15 is 0 Å². The first-order valence-corrected chi connectivity index (χ1v) is 4.56. The van der Waals surface area contributed by atoms with E-state index in [2.05, 4.69) is 0 Å². The molecule has 0 aromatic rings. The van der Waals surface area contributed by atoms with Gasteiger partial charge in [0.2, 0.25) is 0 Å². The molecule has 0 amide bonds. The first-order valence-electron chi connectivity index (χ1n) is 3.65. The van der Waals surface area contributed by atoms with Gasteiger partial charge < -0.3 is 8.92 Å². The van der Waals surface area contributed by atoms with Gasteiger partial charge in [-0.05, 0) is 12.0 Å². The number of carbonyl (C=O) groups is 1. The molecule has 0 aromatic heterocycles. The lowest BCUT2D eigenvalue weighted by Gasteiger charge is -2.10. The van der Waals surface area contributed by atoms with Gasteiger partial charge in [0.25, 0.3) is 0 Å². The Hall–Kier alpha value is -0.220. The average Bonchev–Trinajstić information content (AvgIpc) is 2.39. The molecular formula is C7H12O3S. The van der Waals surface area contributed by atoms with Gasteiger partial charge in [-0.1, -0.05) is 13.8 Å². The minimum Gasteiger partial charge on any atom is -0.459 e. The number of hydrogen-bond acceptors (Lipinski definition) is 4. The molecule has 0 spiro atoms. The van der Waals surface area contributed by atoms with Crippen molar-refractivity contribution in [1.29, 1.82) is 0 Å². The summed E-state index contributed by atoms with van der Waals surface area (Å²) in [5, 5.41) is 0. The van der Waals surface area contributed by atoms with Gasteiger partial charge >= 0.3 is 5.97 Å². The van der Waals surface area contributed by atoms with Gasteiger partial charge in [0.05, 0.1) is 18.3 Å². The molecule has 11 heavy (non-hydrogen) atoms. The normalized spacial score (nSPS) is 24.1. The predicted octanol–water partition coefficient (Wildman–Crippen LogP) is 1.23. The van der Waals surface area contributed by atoms with Gasteiger partial charge in [-0.3, -0.25) is 4.79 Å². The average molecular weight is 176 g/mol. The molecule has 1 aliphatic heterocycles. The Kier molecular flexibility index (Phi) is 3.20. The first-order chi connectivity index (χ1) is 5.20. The fourth-order valence-corrected chi connectivity index (χ4v) is 1.32.